The van der Waals surface area contributed by atoms with Crippen LogP contribution in [0.2, 0.25) is 0 Å². The lowest BCUT2D eigenvalue weighted by atomic mass is 10.1. The highest BCUT2D eigenvalue weighted by molar-refractivity contribution is 8.18. The maximum Gasteiger partial charge on any atom is 0.335 e. The summed E-state index contributed by atoms with van der Waals surface area (Å²) < 4.78 is 11.3. The van der Waals surface area contributed by atoms with Gasteiger partial charge >= 0.3 is 5.97 Å². The van der Waals surface area contributed by atoms with Crippen LogP contribution < -0.4 is 9.47 Å². The Kier molecular flexibility index (Phi) is 7.36. The molecule has 0 saturated carbocycles. The molecule has 2 aromatic carbocycles. The maximum absolute atomic E-state index is 12.6. The summed E-state index contributed by atoms with van der Waals surface area (Å²) in [7, 11) is 1.56. The SMILES string of the molecule is CCN=C1S/C(=C/c2ccc(OCc3ccc(C(=O)O)cc3)c(OC)c2)C(=O)N1CC. The van der Waals surface area contributed by atoms with Crippen molar-refractivity contribution in [3.05, 3.63) is 64.1 Å². The number of aliphatic imine (C=N–C) groups is 1. The van der Waals surface area contributed by atoms with Crippen LogP contribution in [0.5, 0.6) is 11.5 Å². The first kappa shape index (κ1) is 22.4. The lowest BCUT2D eigenvalue weighted by molar-refractivity contribution is -0.122. The predicted molar refractivity (Wildman–Crippen MR) is 122 cm³/mol. The minimum absolute atomic E-state index is 0.0520. The number of amides is 1. The molecule has 31 heavy (non-hydrogen) atoms. The van der Waals surface area contributed by atoms with Crippen molar-refractivity contribution in [2.45, 2.75) is 20.5 Å². The van der Waals surface area contributed by atoms with Crippen molar-refractivity contribution in [2.24, 2.45) is 4.99 Å². The summed E-state index contributed by atoms with van der Waals surface area (Å²) in [5.74, 6) is 0.0826. The molecule has 0 spiro atoms. The zero-order valence-electron chi connectivity index (χ0n) is 17.6. The van der Waals surface area contributed by atoms with Crippen LogP contribution in [-0.2, 0) is 11.4 Å². The number of amidine groups is 1. The largest absolute Gasteiger partial charge is 0.493 e. The number of nitrogens with zero attached hydrogens (tertiary/aromatic N) is 2. The van der Waals surface area contributed by atoms with Gasteiger partial charge in [-0.05, 0) is 67.1 Å². The minimum atomic E-state index is -0.965. The Hall–Kier alpha value is -3.26. The van der Waals surface area contributed by atoms with E-state index in [0.717, 1.165) is 16.3 Å². The van der Waals surface area contributed by atoms with Crippen LogP contribution in [0.4, 0.5) is 0 Å². The normalized spacial score (nSPS) is 16.2. The maximum atomic E-state index is 12.6. The second kappa shape index (κ2) is 10.2. The van der Waals surface area contributed by atoms with Gasteiger partial charge in [0, 0.05) is 13.1 Å². The average molecular weight is 441 g/mol. The lowest BCUT2D eigenvalue weighted by Gasteiger charge is -2.12. The number of ether oxygens (including phenoxy) is 2. The molecule has 162 valence electrons. The van der Waals surface area contributed by atoms with Crippen molar-refractivity contribution in [1.29, 1.82) is 0 Å². The molecule has 1 heterocycles. The van der Waals surface area contributed by atoms with E-state index >= 15 is 0 Å². The average Bonchev–Trinajstić information content (AvgIpc) is 3.07. The summed E-state index contributed by atoms with van der Waals surface area (Å²) in [6.07, 6.45) is 1.82. The van der Waals surface area contributed by atoms with Crippen LogP contribution in [0.15, 0.2) is 52.4 Å². The van der Waals surface area contributed by atoms with Crippen molar-refractivity contribution >= 4 is 34.9 Å². The molecular weight excluding hydrogens is 416 g/mol. The number of carbonyl (C=O) groups excluding carboxylic acids is 1. The van der Waals surface area contributed by atoms with E-state index < -0.39 is 5.97 Å². The van der Waals surface area contributed by atoms with E-state index in [4.69, 9.17) is 14.6 Å². The summed E-state index contributed by atoms with van der Waals surface area (Å²) in [5, 5.41) is 9.71. The molecular formula is C23H24N2O5S. The van der Waals surface area contributed by atoms with Crippen molar-refractivity contribution in [3.63, 3.8) is 0 Å². The van der Waals surface area contributed by atoms with Gasteiger partial charge in [0.15, 0.2) is 16.7 Å². The summed E-state index contributed by atoms with van der Waals surface area (Å²) in [5.41, 5.74) is 1.89. The monoisotopic (exact) mass is 440 g/mol. The van der Waals surface area contributed by atoms with Gasteiger partial charge in [-0.1, -0.05) is 18.2 Å². The molecule has 0 aliphatic carbocycles. The smallest absolute Gasteiger partial charge is 0.335 e. The fourth-order valence-electron chi connectivity index (χ4n) is 2.99. The third-order valence-electron chi connectivity index (χ3n) is 4.58. The Bertz CT molecular complexity index is 1030. The van der Waals surface area contributed by atoms with Crippen LogP contribution in [-0.4, -0.2) is 47.2 Å². The van der Waals surface area contributed by atoms with Gasteiger partial charge < -0.3 is 14.6 Å². The number of aromatic carboxylic acids is 1. The third kappa shape index (κ3) is 5.27. The van der Waals surface area contributed by atoms with Gasteiger partial charge in [-0.15, -0.1) is 0 Å². The van der Waals surface area contributed by atoms with Crippen molar-refractivity contribution < 1.29 is 24.2 Å². The molecule has 3 rings (SSSR count). The highest BCUT2D eigenvalue weighted by Gasteiger charge is 2.31. The van der Waals surface area contributed by atoms with E-state index in [2.05, 4.69) is 4.99 Å². The molecule has 1 amide bonds. The number of carboxylic acids is 1. The van der Waals surface area contributed by atoms with Crippen LogP contribution in [0.1, 0.15) is 35.3 Å². The molecule has 2 aromatic rings. The molecule has 8 heteroatoms. The highest BCUT2D eigenvalue weighted by Crippen LogP contribution is 2.34. The molecule has 0 aromatic heterocycles. The van der Waals surface area contributed by atoms with Crippen molar-refractivity contribution in [3.8, 4) is 11.5 Å². The van der Waals surface area contributed by atoms with Gasteiger partial charge in [0.2, 0.25) is 0 Å². The number of hydrogen-bond donors (Lipinski definition) is 1. The first-order valence-corrected chi connectivity index (χ1v) is 10.7. The Morgan fingerprint density at radius 2 is 1.90 bits per heavy atom. The van der Waals surface area contributed by atoms with Gasteiger partial charge in [0.25, 0.3) is 5.91 Å². The third-order valence-corrected chi connectivity index (χ3v) is 5.62. The minimum Gasteiger partial charge on any atom is -0.493 e. The standard InChI is InChI=1S/C23H24N2O5S/c1-4-24-23-25(5-2)21(26)20(31-23)13-16-8-11-18(19(12-16)29-3)30-14-15-6-9-17(10-7-15)22(27)28/h6-13H,4-5,14H2,1-3H3,(H,27,28)/b20-13+,24-23?. The number of carboxylic acid groups (broad SMARTS) is 1. The summed E-state index contributed by atoms with van der Waals surface area (Å²) >= 11 is 1.37. The first-order chi connectivity index (χ1) is 15.0. The number of benzene rings is 2. The molecule has 7 nitrogen and oxygen atoms in total. The van der Waals surface area contributed by atoms with Crippen molar-refractivity contribution in [1.82, 2.24) is 4.90 Å². The molecule has 1 aliphatic heterocycles. The Balaban J connectivity index is 1.75. The van der Waals surface area contributed by atoms with Gasteiger partial charge in [-0.3, -0.25) is 14.7 Å². The lowest BCUT2D eigenvalue weighted by Crippen LogP contribution is -2.28. The van der Waals surface area contributed by atoms with Crippen LogP contribution in [0, 0.1) is 0 Å². The fraction of sp³-hybridized carbons (Fsp3) is 0.261. The van der Waals surface area contributed by atoms with E-state index in [1.807, 2.05) is 32.1 Å². The molecule has 0 atom stereocenters. The molecule has 1 N–H and O–H groups in total. The van der Waals surface area contributed by atoms with Gasteiger partial charge in [-0.2, -0.15) is 0 Å². The fourth-order valence-corrected chi connectivity index (χ4v) is 4.09. The van der Waals surface area contributed by atoms with Gasteiger partial charge in [0.05, 0.1) is 17.6 Å². The van der Waals surface area contributed by atoms with Gasteiger partial charge in [-0.25, -0.2) is 4.79 Å². The molecule has 1 fully saturated rings. The number of likely N-dealkylation sites (N-methyl/N-ethyl adjacent to an activating group) is 1. The summed E-state index contributed by atoms with van der Waals surface area (Å²) in [6, 6.07) is 12.0. The predicted octanol–water partition coefficient (Wildman–Crippen LogP) is 4.28. The van der Waals surface area contributed by atoms with Crippen LogP contribution >= 0.6 is 11.8 Å². The number of methoxy groups -OCH3 is 1. The number of carbonyl (C=O) groups is 2. The zero-order valence-corrected chi connectivity index (χ0v) is 18.4. The Morgan fingerprint density at radius 3 is 2.52 bits per heavy atom. The quantitative estimate of drug-likeness (QED) is 0.616. The van der Waals surface area contributed by atoms with E-state index in [1.54, 1.807) is 42.3 Å². The molecule has 1 aliphatic rings. The van der Waals surface area contributed by atoms with E-state index in [1.165, 1.54) is 11.8 Å². The van der Waals surface area contributed by atoms with Crippen molar-refractivity contribution in [2.75, 3.05) is 20.2 Å². The molecule has 1 saturated heterocycles. The van der Waals surface area contributed by atoms with E-state index in [9.17, 15) is 9.59 Å². The first-order valence-electron chi connectivity index (χ1n) is 9.85. The van der Waals surface area contributed by atoms with Crippen LogP contribution in [0.25, 0.3) is 6.08 Å². The Morgan fingerprint density at radius 1 is 1.16 bits per heavy atom. The second-order valence-electron chi connectivity index (χ2n) is 6.62. The summed E-state index contributed by atoms with van der Waals surface area (Å²) in [6.45, 7) is 5.34. The number of thioether (sulfide) groups is 1. The van der Waals surface area contributed by atoms with E-state index in [0.29, 0.717) is 29.5 Å². The topological polar surface area (TPSA) is 88.4 Å². The highest BCUT2D eigenvalue weighted by atomic mass is 32.2. The second-order valence-corrected chi connectivity index (χ2v) is 7.63. The van der Waals surface area contributed by atoms with Crippen LogP contribution in [0.3, 0.4) is 0 Å². The van der Waals surface area contributed by atoms with Gasteiger partial charge in [0.1, 0.15) is 6.61 Å². The summed E-state index contributed by atoms with van der Waals surface area (Å²) in [4.78, 5) is 30.3. The zero-order chi connectivity index (χ0) is 22.4. The molecule has 0 radical (unpaired) electrons. The number of hydrogen-bond acceptors (Lipinski definition) is 6. The molecule has 0 unspecified atom stereocenters. The van der Waals surface area contributed by atoms with E-state index in [-0.39, 0.29) is 18.1 Å². The molecule has 0 bridgehead atoms. The number of rotatable bonds is 8. The Labute approximate surface area is 185 Å².